The number of Topliss-reactive ketones (excluding diaryl/α,β-unsaturated/α-hetero) is 1. The molecule has 19 heavy (non-hydrogen) atoms. The van der Waals surface area contributed by atoms with Crippen LogP contribution in [0.2, 0.25) is 0 Å². The summed E-state index contributed by atoms with van der Waals surface area (Å²) in [5.74, 6) is 1.39. The lowest BCUT2D eigenvalue weighted by molar-refractivity contribution is -0.116. The third kappa shape index (κ3) is 4.98. The van der Waals surface area contributed by atoms with Crippen molar-refractivity contribution in [3.8, 4) is 0 Å². The molecule has 3 heteroatoms. The van der Waals surface area contributed by atoms with Crippen LogP contribution in [0.1, 0.15) is 38.2 Å². The minimum absolute atomic E-state index is 0.245. The third-order valence-electron chi connectivity index (χ3n) is 3.68. The molecule has 2 atom stereocenters. The second-order valence-electron chi connectivity index (χ2n) is 5.55. The van der Waals surface area contributed by atoms with E-state index < -0.39 is 0 Å². The Morgan fingerprint density at radius 2 is 2.05 bits per heavy atom. The Morgan fingerprint density at radius 1 is 1.32 bits per heavy atom. The van der Waals surface area contributed by atoms with E-state index in [1.165, 1.54) is 37.8 Å². The van der Waals surface area contributed by atoms with Gasteiger partial charge in [0.05, 0.1) is 5.75 Å². The van der Waals surface area contributed by atoms with Gasteiger partial charge in [-0.3, -0.25) is 4.79 Å². The number of halogens is 1. The summed E-state index contributed by atoms with van der Waals surface area (Å²) in [4.78, 5) is 11.9. The van der Waals surface area contributed by atoms with Crippen LogP contribution < -0.4 is 0 Å². The predicted octanol–water partition coefficient (Wildman–Crippen LogP) is 4.25. The van der Waals surface area contributed by atoms with Gasteiger partial charge in [0.2, 0.25) is 0 Å². The molecule has 1 saturated carbocycles. The SMILES string of the molecule is CC1CCCC(SCC(=O)Cc2ccc(F)cc2)C1. The molecule has 2 rings (SSSR count). The van der Waals surface area contributed by atoms with Crippen molar-refractivity contribution >= 4 is 17.5 Å². The molecule has 0 aliphatic heterocycles. The van der Waals surface area contributed by atoms with E-state index in [1.807, 2.05) is 11.8 Å². The average molecular weight is 280 g/mol. The maximum atomic E-state index is 12.8. The quantitative estimate of drug-likeness (QED) is 0.802. The molecule has 2 unspecified atom stereocenters. The van der Waals surface area contributed by atoms with E-state index in [9.17, 15) is 9.18 Å². The van der Waals surface area contributed by atoms with Gasteiger partial charge in [-0.05, 0) is 36.5 Å². The summed E-state index contributed by atoms with van der Waals surface area (Å²) < 4.78 is 12.8. The lowest BCUT2D eigenvalue weighted by Gasteiger charge is -2.25. The molecule has 0 radical (unpaired) electrons. The molecule has 0 bridgehead atoms. The summed E-state index contributed by atoms with van der Waals surface area (Å²) >= 11 is 1.81. The van der Waals surface area contributed by atoms with Gasteiger partial charge in [0, 0.05) is 11.7 Å². The van der Waals surface area contributed by atoms with Crippen LogP contribution in [-0.2, 0) is 11.2 Å². The normalized spacial score (nSPS) is 23.3. The zero-order chi connectivity index (χ0) is 13.7. The summed E-state index contributed by atoms with van der Waals surface area (Å²) in [7, 11) is 0. The first-order valence-electron chi connectivity index (χ1n) is 7.01. The first-order chi connectivity index (χ1) is 9.13. The van der Waals surface area contributed by atoms with Crippen molar-refractivity contribution in [3.63, 3.8) is 0 Å². The molecule has 1 aliphatic rings. The summed E-state index contributed by atoms with van der Waals surface area (Å²) in [6.07, 6.45) is 5.55. The molecule has 0 spiro atoms. The Morgan fingerprint density at radius 3 is 2.74 bits per heavy atom. The fourth-order valence-electron chi connectivity index (χ4n) is 2.62. The van der Waals surface area contributed by atoms with Crippen LogP contribution in [0.3, 0.4) is 0 Å². The second-order valence-corrected chi connectivity index (χ2v) is 6.84. The molecule has 0 heterocycles. The lowest BCUT2D eigenvalue weighted by Crippen LogP contribution is -2.17. The molecule has 0 amide bonds. The zero-order valence-electron chi connectivity index (χ0n) is 11.4. The van der Waals surface area contributed by atoms with Gasteiger partial charge >= 0.3 is 0 Å². The Hall–Kier alpha value is -0.830. The van der Waals surface area contributed by atoms with E-state index >= 15 is 0 Å². The molecular formula is C16H21FOS. The molecule has 1 fully saturated rings. The summed E-state index contributed by atoms with van der Waals surface area (Å²) in [5, 5.41) is 0.654. The van der Waals surface area contributed by atoms with Gasteiger partial charge < -0.3 is 0 Å². The Balaban J connectivity index is 1.73. The Kier molecular flexibility index (Phi) is 5.44. The van der Waals surface area contributed by atoms with E-state index in [4.69, 9.17) is 0 Å². The number of hydrogen-bond acceptors (Lipinski definition) is 2. The predicted molar refractivity (Wildman–Crippen MR) is 79.0 cm³/mol. The summed E-state index contributed by atoms with van der Waals surface area (Å²) in [6.45, 7) is 2.30. The average Bonchev–Trinajstić information content (AvgIpc) is 2.39. The van der Waals surface area contributed by atoms with Crippen LogP contribution >= 0.6 is 11.8 Å². The van der Waals surface area contributed by atoms with E-state index in [1.54, 1.807) is 12.1 Å². The van der Waals surface area contributed by atoms with Gasteiger partial charge in [-0.1, -0.05) is 31.9 Å². The molecule has 1 aliphatic carbocycles. The van der Waals surface area contributed by atoms with Crippen LogP contribution in [0, 0.1) is 11.7 Å². The highest BCUT2D eigenvalue weighted by Crippen LogP contribution is 2.31. The summed E-state index contributed by atoms with van der Waals surface area (Å²) in [6, 6.07) is 6.22. The molecule has 0 saturated heterocycles. The second kappa shape index (κ2) is 7.09. The van der Waals surface area contributed by atoms with Crippen molar-refractivity contribution in [2.24, 2.45) is 5.92 Å². The molecule has 1 aromatic rings. The standard InChI is InChI=1S/C16H21FOS/c1-12-3-2-4-16(9-12)19-11-15(18)10-13-5-7-14(17)8-6-13/h5-8,12,16H,2-4,9-11H2,1H3. The fraction of sp³-hybridized carbons (Fsp3) is 0.562. The van der Waals surface area contributed by atoms with Crippen LogP contribution in [0.25, 0.3) is 0 Å². The lowest BCUT2D eigenvalue weighted by atomic mass is 9.91. The minimum Gasteiger partial charge on any atom is -0.298 e. The molecule has 0 aromatic heterocycles. The van der Waals surface area contributed by atoms with Crippen LogP contribution in [0.15, 0.2) is 24.3 Å². The van der Waals surface area contributed by atoms with Gasteiger partial charge in [0.15, 0.2) is 0 Å². The number of rotatable bonds is 5. The Bertz CT molecular complexity index is 415. The van der Waals surface area contributed by atoms with Crippen molar-refractivity contribution in [1.29, 1.82) is 0 Å². The molecular weight excluding hydrogens is 259 g/mol. The maximum Gasteiger partial charge on any atom is 0.147 e. The van der Waals surface area contributed by atoms with Gasteiger partial charge in [0.25, 0.3) is 0 Å². The van der Waals surface area contributed by atoms with Gasteiger partial charge in [0.1, 0.15) is 11.6 Å². The monoisotopic (exact) mass is 280 g/mol. The summed E-state index contributed by atoms with van der Waals surface area (Å²) in [5.41, 5.74) is 0.906. The Labute approximate surface area is 119 Å². The molecule has 0 N–H and O–H groups in total. The van der Waals surface area contributed by atoms with Gasteiger partial charge in [-0.25, -0.2) is 4.39 Å². The van der Waals surface area contributed by atoms with E-state index in [2.05, 4.69) is 6.92 Å². The van der Waals surface area contributed by atoms with E-state index in [0.717, 1.165) is 11.5 Å². The largest absolute Gasteiger partial charge is 0.298 e. The fourth-order valence-corrected chi connectivity index (χ4v) is 3.94. The minimum atomic E-state index is -0.248. The van der Waals surface area contributed by atoms with Crippen molar-refractivity contribution < 1.29 is 9.18 Å². The zero-order valence-corrected chi connectivity index (χ0v) is 12.2. The van der Waals surface area contributed by atoms with Gasteiger partial charge in [-0.2, -0.15) is 11.8 Å². The van der Waals surface area contributed by atoms with Crippen molar-refractivity contribution in [2.45, 2.75) is 44.3 Å². The number of carbonyl (C=O) groups excluding carboxylic acids is 1. The molecule has 1 nitrogen and oxygen atoms in total. The number of thioether (sulfide) groups is 1. The number of benzene rings is 1. The number of hydrogen-bond donors (Lipinski definition) is 0. The topological polar surface area (TPSA) is 17.1 Å². The first-order valence-corrected chi connectivity index (χ1v) is 8.06. The number of ketones is 1. The first kappa shape index (κ1) is 14.6. The van der Waals surface area contributed by atoms with Crippen molar-refractivity contribution in [3.05, 3.63) is 35.6 Å². The number of carbonyl (C=O) groups is 1. The highest BCUT2D eigenvalue weighted by Gasteiger charge is 2.19. The molecule has 104 valence electrons. The van der Waals surface area contributed by atoms with E-state index in [0.29, 0.717) is 17.4 Å². The highest BCUT2D eigenvalue weighted by atomic mass is 32.2. The van der Waals surface area contributed by atoms with Crippen LogP contribution in [0.4, 0.5) is 4.39 Å². The van der Waals surface area contributed by atoms with Gasteiger partial charge in [-0.15, -0.1) is 0 Å². The highest BCUT2D eigenvalue weighted by molar-refractivity contribution is 8.00. The van der Waals surface area contributed by atoms with Crippen LogP contribution in [0.5, 0.6) is 0 Å². The maximum absolute atomic E-state index is 12.8. The van der Waals surface area contributed by atoms with Crippen molar-refractivity contribution in [2.75, 3.05) is 5.75 Å². The van der Waals surface area contributed by atoms with Crippen molar-refractivity contribution in [1.82, 2.24) is 0 Å². The molecule has 1 aromatic carbocycles. The smallest absolute Gasteiger partial charge is 0.147 e. The third-order valence-corrected chi connectivity index (χ3v) is 5.07. The van der Waals surface area contributed by atoms with E-state index in [-0.39, 0.29) is 11.6 Å². The van der Waals surface area contributed by atoms with Crippen LogP contribution in [-0.4, -0.2) is 16.8 Å².